The van der Waals surface area contributed by atoms with Gasteiger partial charge in [0.25, 0.3) is 0 Å². The maximum absolute atomic E-state index is 11.3. The van der Waals surface area contributed by atoms with Crippen molar-refractivity contribution in [2.45, 2.75) is 13.5 Å². The average molecular weight is 282 g/mol. The maximum atomic E-state index is 11.3. The van der Waals surface area contributed by atoms with Crippen LogP contribution in [0.2, 0.25) is 0 Å². The zero-order valence-corrected chi connectivity index (χ0v) is 10.7. The fourth-order valence-corrected chi connectivity index (χ4v) is 2.07. The van der Waals surface area contributed by atoms with Gasteiger partial charge in [0.1, 0.15) is 10.3 Å². The molecule has 2 heterocycles. The number of nitrogens with one attached hydrogen (secondary N) is 1. The second kappa shape index (κ2) is 4.35. The van der Waals surface area contributed by atoms with Gasteiger partial charge in [-0.2, -0.15) is 0 Å². The molecule has 0 saturated carbocycles. The summed E-state index contributed by atoms with van der Waals surface area (Å²) in [4.78, 5) is 15.7. The van der Waals surface area contributed by atoms with Gasteiger partial charge >= 0.3 is 0 Å². The number of rotatable bonds is 3. The van der Waals surface area contributed by atoms with Gasteiger partial charge in [0, 0.05) is 18.3 Å². The van der Waals surface area contributed by atoms with Crippen LogP contribution in [-0.4, -0.2) is 22.2 Å². The van der Waals surface area contributed by atoms with E-state index < -0.39 is 0 Å². The molecule has 0 saturated heterocycles. The number of pyridine rings is 1. The second-order valence-corrected chi connectivity index (χ2v) is 4.33. The van der Waals surface area contributed by atoms with E-state index in [2.05, 4.69) is 26.2 Å². The van der Waals surface area contributed by atoms with Crippen LogP contribution in [0, 0.1) is 0 Å². The first-order chi connectivity index (χ1) is 7.63. The summed E-state index contributed by atoms with van der Waals surface area (Å²) in [6, 6.07) is 3.64. The highest BCUT2D eigenvalue weighted by molar-refractivity contribution is 9.10. The zero-order valence-electron chi connectivity index (χ0n) is 9.12. The predicted molar refractivity (Wildman–Crippen MR) is 65.7 cm³/mol. The molecule has 2 aromatic rings. The van der Waals surface area contributed by atoms with Gasteiger partial charge in [0.05, 0.1) is 5.69 Å². The van der Waals surface area contributed by atoms with Crippen molar-refractivity contribution in [1.29, 1.82) is 0 Å². The fourth-order valence-electron chi connectivity index (χ4n) is 1.55. The summed E-state index contributed by atoms with van der Waals surface area (Å²) in [6.45, 7) is 2.25. The van der Waals surface area contributed by atoms with Crippen LogP contribution in [0.4, 0.5) is 0 Å². The van der Waals surface area contributed by atoms with Crippen LogP contribution in [0.15, 0.2) is 22.9 Å². The second-order valence-electron chi connectivity index (χ2n) is 3.58. The molecular formula is C11H12BrN3O. The number of aromatic nitrogens is 2. The van der Waals surface area contributed by atoms with E-state index in [0.29, 0.717) is 12.1 Å². The molecule has 0 radical (unpaired) electrons. The summed E-state index contributed by atoms with van der Waals surface area (Å²) in [5.74, 6) is 0.0534. The fraction of sp³-hybridized carbons (Fsp3) is 0.273. The Kier molecular flexibility index (Phi) is 3.07. The molecule has 5 heteroatoms. The van der Waals surface area contributed by atoms with Crippen LogP contribution in [-0.2, 0) is 6.54 Å². The molecule has 0 aliphatic carbocycles. The normalized spacial score (nSPS) is 10.9. The summed E-state index contributed by atoms with van der Waals surface area (Å²) in [7, 11) is 1.87. The average Bonchev–Trinajstić information content (AvgIpc) is 2.56. The Morgan fingerprint density at radius 1 is 1.56 bits per heavy atom. The van der Waals surface area contributed by atoms with E-state index >= 15 is 0 Å². The van der Waals surface area contributed by atoms with E-state index in [0.717, 1.165) is 15.9 Å². The molecule has 0 aromatic carbocycles. The first-order valence-electron chi connectivity index (χ1n) is 4.95. The molecule has 0 aliphatic rings. The number of carbonyl (C=O) groups is 1. The number of imidazole rings is 1. The van der Waals surface area contributed by atoms with Crippen LogP contribution < -0.4 is 5.32 Å². The van der Waals surface area contributed by atoms with Crippen molar-refractivity contribution in [2.75, 3.05) is 7.05 Å². The Morgan fingerprint density at radius 2 is 2.31 bits per heavy atom. The topological polar surface area (TPSA) is 46.4 Å². The lowest BCUT2D eigenvalue weighted by molar-refractivity contribution is 0.101. The predicted octanol–water partition coefficient (Wildman–Crippen LogP) is 2.02. The van der Waals surface area contributed by atoms with E-state index in [1.54, 1.807) is 19.2 Å². The van der Waals surface area contributed by atoms with Gasteiger partial charge in [-0.1, -0.05) is 0 Å². The third kappa shape index (κ3) is 1.88. The molecule has 4 nitrogen and oxygen atoms in total. The SMILES string of the molecule is CNCc1nc2ccc(C(C)=O)cn2c1Br. The third-order valence-corrected chi connectivity index (χ3v) is 3.22. The largest absolute Gasteiger partial charge is 0.314 e. The number of carbonyl (C=O) groups excluding carboxylic acids is 1. The molecule has 0 atom stereocenters. The van der Waals surface area contributed by atoms with Crippen molar-refractivity contribution in [3.63, 3.8) is 0 Å². The minimum atomic E-state index is 0.0534. The van der Waals surface area contributed by atoms with Gasteiger partial charge < -0.3 is 5.32 Å². The van der Waals surface area contributed by atoms with Crippen LogP contribution in [0.1, 0.15) is 23.0 Å². The Bertz CT molecular complexity index is 547. The first kappa shape index (κ1) is 11.3. The molecule has 2 rings (SSSR count). The van der Waals surface area contributed by atoms with E-state index in [9.17, 15) is 4.79 Å². The van der Waals surface area contributed by atoms with Crippen molar-refractivity contribution in [3.8, 4) is 0 Å². The number of fused-ring (bicyclic) bond motifs is 1. The van der Waals surface area contributed by atoms with E-state index in [4.69, 9.17) is 0 Å². The van der Waals surface area contributed by atoms with Crippen molar-refractivity contribution < 1.29 is 4.79 Å². The smallest absolute Gasteiger partial charge is 0.161 e. The Hall–Kier alpha value is -1.20. The first-order valence-corrected chi connectivity index (χ1v) is 5.75. The lowest BCUT2D eigenvalue weighted by Gasteiger charge is -1.99. The highest BCUT2D eigenvalue weighted by atomic mass is 79.9. The van der Waals surface area contributed by atoms with Crippen molar-refractivity contribution in [1.82, 2.24) is 14.7 Å². The van der Waals surface area contributed by atoms with Gasteiger partial charge in [-0.15, -0.1) is 0 Å². The quantitative estimate of drug-likeness (QED) is 0.876. The molecular weight excluding hydrogens is 270 g/mol. The van der Waals surface area contributed by atoms with Crippen LogP contribution >= 0.6 is 15.9 Å². The summed E-state index contributed by atoms with van der Waals surface area (Å²) < 4.78 is 2.77. The minimum absolute atomic E-state index is 0.0534. The number of Topliss-reactive ketones (excluding diaryl/α,β-unsaturated/α-hetero) is 1. The standard InChI is InChI=1S/C11H12BrN3O/c1-7(16)8-3-4-10-14-9(5-13-2)11(12)15(10)6-8/h3-4,6,13H,5H2,1-2H3. The summed E-state index contributed by atoms with van der Waals surface area (Å²) in [5.41, 5.74) is 2.45. The van der Waals surface area contributed by atoms with Gasteiger partial charge in [-0.25, -0.2) is 4.98 Å². The minimum Gasteiger partial charge on any atom is -0.314 e. The molecule has 2 aromatic heterocycles. The Balaban J connectivity index is 2.59. The molecule has 0 amide bonds. The number of ketones is 1. The van der Waals surface area contributed by atoms with Gasteiger partial charge in [-0.3, -0.25) is 9.20 Å². The molecule has 0 fully saturated rings. The van der Waals surface area contributed by atoms with Crippen LogP contribution in [0.3, 0.4) is 0 Å². The number of nitrogens with zero attached hydrogens (tertiary/aromatic N) is 2. The highest BCUT2D eigenvalue weighted by Crippen LogP contribution is 2.19. The molecule has 0 spiro atoms. The van der Waals surface area contributed by atoms with Crippen molar-refractivity contribution in [3.05, 3.63) is 34.2 Å². The Labute approximate surface area is 102 Å². The number of hydrogen-bond donors (Lipinski definition) is 1. The van der Waals surface area contributed by atoms with Crippen LogP contribution in [0.25, 0.3) is 5.65 Å². The number of hydrogen-bond acceptors (Lipinski definition) is 3. The Morgan fingerprint density at radius 3 is 2.94 bits per heavy atom. The van der Waals surface area contributed by atoms with E-state index in [-0.39, 0.29) is 5.78 Å². The van der Waals surface area contributed by atoms with Gasteiger partial charge in [0.2, 0.25) is 0 Å². The summed E-state index contributed by atoms with van der Waals surface area (Å²) in [6.07, 6.45) is 1.80. The van der Waals surface area contributed by atoms with Gasteiger partial charge in [-0.05, 0) is 42.0 Å². The molecule has 16 heavy (non-hydrogen) atoms. The molecule has 1 N–H and O–H groups in total. The summed E-state index contributed by atoms with van der Waals surface area (Å²) in [5, 5.41) is 3.05. The van der Waals surface area contributed by atoms with Gasteiger partial charge in [0.15, 0.2) is 5.78 Å². The maximum Gasteiger partial charge on any atom is 0.161 e. The van der Waals surface area contributed by atoms with Crippen molar-refractivity contribution >= 4 is 27.4 Å². The number of halogens is 1. The van der Waals surface area contributed by atoms with Crippen LogP contribution in [0.5, 0.6) is 0 Å². The van der Waals surface area contributed by atoms with E-state index in [1.165, 1.54) is 0 Å². The third-order valence-electron chi connectivity index (χ3n) is 2.38. The lowest BCUT2D eigenvalue weighted by atomic mass is 10.2. The molecule has 84 valence electrons. The monoisotopic (exact) mass is 281 g/mol. The molecule has 0 unspecified atom stereocenters. The summed E-state index contributed by atoms with van der Waals surface area (Å²) >= 11 is 3.49. The lowest BCUT2D eigenvalue weighted by Crippen LogP contribution is -2.05. The van der Waals surface area contributed by atoms with E-state index in [1.807, 2.05) is 17.5 Å². The highest BCUT2D eigenvalue weighted by Gasteiger charge is 2.10. The molecule has 0 aliphatic heterocycles. The molecule has 0 bridgehead atoms. The zero-order chi connectivity index (χ0) is 11.7. The van der Waals surface area contributed by atoms with Crippen molar-refractivity contribution in [2.24, 2.45) is 0 Å².